The van der Waals surface area contributed by atoms with E-state index in [1.54, 1.807) is 16.0 Å². The number of alkyl halides is 1. The minimum absolute atomic E-state index is 0.320. The van der Waals surface area contributed by atoms with E-state index >= 15 is 0 Å². The maximum atomic E-state index is 12.3. The van der Waals surface area contributed by atoms with Crippen LogP contribution in [0.2, 0.25) is 0 Å². The van der Waals surface area contributed by atoms with Gasteiger partial charge in [-0.2, -0.15) is 16.4 Å². The van der Waals surface area contributed by atoms with Gasteiger partial charge in [0.1, 0.15) is 6.67 Å². The van der Waals surface area contributed by atoms with Gasteiger partial charge in [0.2, 0.25) is 0 Å². The number of hydrogen-bond acceptors (Lipinski definition) is 3. The second kappa shape index (κ2) is 5.23. The Kier molecular flexibility index (Phi) is 3.69. The summed E-state index contributed by atoms with van der Waals surface area (Å²) in [5, 5.41) is 11.6. The molecular formula is C11H14FN3S. The molecule has 2 heterocycles. The first-order chi connectivity index (χ1) is 7.85. The molecule has 0 amide bonds. The fourth-order valence-corrected chi connectivity index (χ4v) is 2.27. The maximum absolute atomic E-state index is 12.3. The van der Waals surface area contributed by atoms with Crippen LogP contribution in [0.15, 0.2) is 23.0 Å². The zero-order valence-corrected chi connectivity index (χ0v) is 9.93. The SMILES string of the molecule is CNCc1cn(CCF)nc1-c1ccsc1. The van der Waals surface area contributed by atoms with Crippen LogP contribution in [0.5, 0.6) is 0 Å². The van der Waals surface area contributed by atoms with E-state index in [0.717, 1.165) is 23.4 Å². The van der Waals surface area contributed by atoms with Crippen LogP contribution in [0.1, 0.15) is 5.56 Å². The Balaban J connectivity index is 2.34. The monoisotopic (exact) mass is 239 g/mol. The zero-order valence-electron chi connectivity index (χ0n) is 9.11. The van der Waals surface area contributed by atoms with E-state index in [4.69, 9.17) is 0 Å². The van der Waals surface area contributed by atoms with Gasteiger partial charge in [-0.25, -0.2) is 4.39 Å². The average molecular weight is 239 g/mol. The third-order valence-electron chi connectivity index (χ3n) is 2.31. The van der Waals surface area contributed by atoms with Gasteiger partial charge in [0, 0.05) is 29.2 Å². The molecule has 2 rings (SSSR count). The molecule has 1 N–H and O–H groups in total. The van der Waals surface area contributed by atoms with Crippen LogP contribution < -0.4 is 5.32 Å². The fourth-order valence-electron chi connectivity index (χ4n) is 1.63. The molecule has 86 valence electrons. The number of hydrogen-bond donors (Lipinski definition) is 1. The van der Waals surface area contributed by atoms with E-state index in [1.165, 1.54) is 0 Å². The van der Waals surface area contributed by atoms with E-state index in [1.807, 2.05) is 24.7 Å². The van der Waals surface area contributed by atoms with Crippen LogP contribution in [0, 0.1) is 0 Å². The summed E-state index contributed by atoms with van der Waals surface area (Å²) in [6.07, 6.45) is 1.91. The highest BCUT2D eigenvalue weighted by Crippen LogP contribution is 2.24. The molecule has 0 radical (unpaired) electrons. The summed E-state index contributed by atoms with van der Waals surface area (Å²) in [6.45, 7) is 0.683. The first-order valence-corrected chi connectivity index (χ1v) is 6.09. The van der Waals surface area contributed by atoms with E-state index < -0.39 is 0 Å². The zero-order chi connectivity index (χ0) is 11.4. The summed E-state index contributed by atoms with van der Waals surface area (Å²) < 4.78 is 13.9. The molecule has 16 heavy (non-hydrogen) atoms. The molecule has 0 aliphatic carbocycles. The van der Waals surface area contributed by atoms with Crippen molar-refractivity contribution >= 4 is 11.3 Å². The molecule has 3 nitrogen and oxygen atoms in total. The van der Waals surface area contributed by atoms with Gasteiger partial charge in [-0.05, 0) is 18.5 Å². The first kappa shape index (κ1) is 11.3. The molecule has 0 aliphatic rings. The minimum Gasteiger partial charge on any atom is -0.316 e. The Morgan fingerprint density at radius 3 is 3.06 bits per heavy atom. The van der Waals surface area contributed by atoms with E-state index in [9.17, 15) is 4.39 Å². The van der Waals surface area contributed by atoms with Gasteiger partial charge in [0.15, 0.2) is 0 Å². The second-order valence-corrected chi connectivity index (χ2v) is 4.28. The van der Waals surface area contributed by atoms with Gasteiger partial charge in [0.05, 0.1) is 12.2 Å². The second-order valence-electron chi connectivity index (χ2n) is 3.50. The van der Waals surface area contributed by atoms with Crippen molar-refractivity contribution in [1.29, 1.82) is 0 Å². The Labute approximate surface area is 97.9 Å². The predicted molar refractivity (Wildman–Crippen MR) is 64.3 cm³/mol. The van der Waals surface area contributed by atoms with E-state index in [2.05, 4.69) is 15.8 Å². The number of nitrogens with one attached hydrogen (secondary N) is 1. The lowest BCUT2D eigenvalue weighted by atomic mass is 10.1. The third-order valence-corrected chi connectivity index (χ3v) is 3.00. The molecule has 5 heteroatoms. The van der Waals surface area contributed by atoms with Gasteiger partial charge in [-0.1, -0.05) is 0 Å². The smallest absolute Gasteiger partial charge is 0.109 e. The van der Waals surface area contributed by atoms with Crippen LogP contribution >= 0.6 is 11.3 Å². The normalized spacial score (nSPS) is 10.9. The van der Waals surface area contributed by atoms with Crippen LogP contribution in [-0.4, -0.2) is 23.5 Å². The Morgan fingerprint density at radius 1 is 1.56 bits per heavy atom. The first-order valence-electron chi connectivity index (χ1n) is 5.14. The number of aromatic nitrogens is 2. The molecule has 0 unspecified atom stereocenters. The average Bonchev–Trinajstić information content (AvgIpc) is 2.87. The molecule has 0 bridgehead atoms. The van der Waals surface area contributed by atoms with Crippen molar-refractivity contribution in [2.24, 2.45) is 0 Å². The lowest BCUT2D eigenvalue weighted by Gasteiger charge is -1.97. The largest absolute Gasteiger partial charge is 0.316 e. The van der Waals surface area contributed by atoms with Crippen LogP contribution in [0.3, 0.4) is 0 Å². The summed E-state index contributed by atoms with van der Waals surface area (Å²) in [5.74, 6) is 0. The van der Waals surface area contributed by atoms with Crippen molar-refractivity contribution < 1.29 is 4.39 Å². The molecule has 2 aromatic rings. The highest BCUT2D eigenvalue weighted by molar-refractivity contribution is 7.08. The maximum Gasteiger partial charge on any atom is 0.109 e. The van der Waals surface area contributed by atoms with Crippen molar-refractivity contribution in [3.8, 4) is 11.3 Å². The predicted octanol–water partition coefficient (Wildman–Crippen LogP) is 2.30. The number of thiophene rings is 1. The summed E-state index contributed by atoms with van der Waals surface area (Å²) in [5.41, 5.74) is 3.16. The topological polar surface area (TPSA) is 29.9 Å². The number of nitrogens with zero attached hydrogens (tertiary/aromatic N) is 2. The number of rotatable bonds is 5. The Bertz CT molecular complexity index is 436. The van der Waals surface area contributed by atoms with Crippen LogP contribution in [0.25, 0.3) is 11.3 Å². The number of aryl methyl sites for hydroxylation is 1. The molecule has 0 aromatic carbocycles. The fraction of sp³-hybridized carbons (Fsp3) is 0.364. The van der Waals surface area contributed by atoms with Crippen molar-refractivity contribution in [3.63, 3.8) is 0 Å². The van der Waals surface area contributed by atoms with Gasteiger partial charge in [0.25, 0.3) is 0 Å². The van der Waals surface area contributed by atoms with Crippen molar-refractivity contribution in [3.05, 3.63) is 28.6 Å². The summed E-state index contributed by atoms with van der Waals surface area (Å²) >= 11 is 1.64. The molecule has 0 saturated carbocycles. The molecule has 0 fully saturated rings. The molecule has 2 aromatic heterocycles. The number of halogens is 1. The van der Waals surface area contributed by atoms with Crippen molar-refractivity contribution in [2.75, 3.05) is 13.7 Å². The molecule has 0 atom stereocenters. The van der Waals surface area contributed by atoms with E-state index in [-0.39, 0.29) is 6.67 Å². The Morgan fingerprint density at radius 2 is 2.44 bits per heavy atom. The summed E-state index contributed by atoms with van der Waals surface area (Å²) in [6, 6.07) is 2.03. The highest BCUT2D eigenvalue weighted by atomic mass is 32.1. The van der Waals surface area contributed by atoms with Crippen molar-refractivity contribution in [2.45, 2.75) is 13.1 Å². The van der Waals surface area contributed by atoms with E-state index in [0.29, 0.717) is 6.54 Å². The summed E-state index contributed by atoms with van der Waals surface area (Å²) in [4.78, 5) is 0. The third kappa shape index (κ3) is 2.31. The van der Waals surface area contributed by atoms with Crippen LogP contribution in [-0.2, 0) is 13.1 Å². The standard InChI is InChI=1S/C11H14FN3S/c1-13-6-10-7-15(4-3-12)14-11(10)9-2-5-16-8-9/h2,5,7-8,13H,3-4,6H2,1H3. The highest BCUT2D eigenvalue weighted by Gasteiger charge is 2.10. The summed E-state index contributed by atoms with van der Waals surface area (Å²) in [7, 11) is 1.89. The molecule has 0 spiro atoms. The lowest BCUT2D eigenvalue weighted by Crippen LogP contribution is -2.05. The van der Waals surface area contributed by atoms with Gasteiger partial charge in [-0.3, -0.25) is 4.68 Å². The van der Waals surface area contributed by atoms with Crippen LogP contribution in [0.4, 0.5) is 4.39 Å². The molecule has 0 aliphatic heterocycles. The molecule has 0 saturated heterocycles. The minimum atomic E-state index is -0.385. The lowest BCUT2D eigenvalue weighted by molar-refractivity contribution is 0.427. The van der Waals surface area contributed by atoms with Gasteiger partial charge < -0.3 is 5.32 Å². The van der Waals surface area contributed by atoms with Gasteiger partial charge in [-0.15, -0.1) is 0 Å². The van der Waals surface area contributed by atoms with Crippen molar-refractivity contribution in [1.82, 2.24) is 15.1 Å². The Hall–Kier alpha value is -1.20. The molecular weight excluding hydrogens is 225 g/mol. The van der Waals surface area contributed by atoms with Gasteiger partial charge >= 0.3 is 0 Å². The quantitative estimate of drug-likeness (QED) is 0.867.